The maximum absolute atomic E-state index is 12.4. The number of imidazole rings is 1. The first-order valence-corrected chi connectivity index (χ1v) is 11.8. The van der Waals surface area contributed by atoms with Crippen molar-refractivity contribution >= 4 is 67.2 Å². The molecule has 9 nitrogen and oxygen atoms in total. The predicted octanol–water partition coefficient (Wildman–Crippen LogP) is 2.44. The van der Waals surface area contributed by atoms with E-state index in [9.17, 15) is 13.2 Å². The zero-order valence-corrected chi connectivity index (χ0v) is 17.6. The summed E-state index contributed by atoms with van der Waals surface area (Å²) in [6.45, 7) is 2.58. The smallest absolute Gasteiger partial charge is 0.238 e. The minimum atomic E-state index is -3.81. The Morgan fingerprint density at radius 1 is 1.24 bits per heavy atom. The van der Waals surface area contributed by atoms with E-state index in [-0.39, 0.29) is 16.6 Å². The van der Waals surface area contributed by atoms with Gasteiger partial charge in [0.05, 0.1) is 39.1 Å². The van der Waals surface area contributed by atoms with Crippen LogP contribution in [0.5, 0.6) is 0 Å². The van der Waals surface area contributed by atoms with Gasteiger partial charge in [0.1, 0.15) is 11.0 Å². The number of amides is 1. The van der Waals surface area contributed by atoms with E-state index in [1.807, 2.05) is 23.6 Å². The highest BCUT2D eigenvalue weighted by atomic mass is 32.2. The first-order valence-electron chi connectivity index (χ1n) is 8.54. The number of benzene rings is 2. The fraction of sp³-hybridized carbons (Fsp3) is 0.176. The molecule has 0 saturated heterocycles. The molecule has 1 amide bonds. The molecule has 3 N–H and O–H groups in total. The molecule has 150 valence electrons. The number of fused-ring (bicyclic) bond motifs is 2. The van der Waals surface area contributed by atoms with Crippen molar-refractivity contribution in [2.24, 2.45) is 5.14 Å². The van der Waals surface area contributed by atoms with E-state index < -0.39 is 10.0 Å². The van der Waals surface area contributed by atoms with Crippen molar-refractivity contribution < 1.29 is 13.2 Å². The predicted molar refractivity (Wildman–Crippen MR) is 114 cm³/mol. The van der Waals surface area contributed by atoms with Crippen molar-refractivity contribution in [2.75, 3.05) is 11.1 Å². The van der Waals surface area contributed by atoms with Crippen LogP contribution in [0, 0.1) is 0 Å². The van der Waals surface area contributed by atoms with Gasteiger partial charge in [0.25, 0.3) is 0 Å². The van der Waals surface area contributed by atoms with E-state index in [1.165, 1.54) is 23.9 Å². The highest BCUT2D eigenvalue weighted by molar-refractivity contribution is 7.99. The Balaban J connectivity index is 1.54. The quantitative estimate of drug-likeness (QED) is 0.433. The van der Waals surface area contributed by atoms with E-state index in [2.05, 4.69) is 19.0 Å². The second kappa shape index (κ2) is 7.71. The number of hydrogen-bond donors (Lipinski definition) is 2. The van der Waals surface area contributed by atoms with Gasteiger partial charge in [0.15, 0.2) is 5.16 Å². The highest BCUT2D eigenvalue weighted by Crippen LogP contribution is 2.27. The van der Waals surface area contributed by atoms with Crippen LogP contribution in [0.2, 0.25) is 0 Å². The Morgan fingerprint density at radius 3 is 2.83 bits per heavy atom. The molecule has 4 aromatic rings. The van der Waals surface area contributed by atoms with E-state index in [4.69, 9.17) is 5.14 Å². The third kappa shape index (κ3) is 3.96. The Labute approximate surface area is 174 Å². The van der Waals surface area contributed by atoms with E-state index in [0.29, 0.717) is 28.4 Å². The largest absolute Gasteiger partial charge is 0.323 e. The van der Waals surface area contributed by atoms with Crippen LogP contribution in [0.4, 0.5) is 5.69 Å². The first kappa shape index (κ1) is 19.8. The van der Waals surface area contributed by atoms with Gasteiger partial charge >= 0.3 is 0 Å². The molecule has 29 heavy (non-hydrogen) atoms. The summed E-state index contributed by atoms with van der Waals surface area (Å²) in [4.78, 5) is 16.9. The average Bonchev–Trinajstić information content (AvgIpc) is 3.29. The van der Waals surface area contributed by atoms with Crippen LogP contribution in [0.15, 0.2) is 46.5 Å². The number of anilines is 1. The number of aryl methyl sites for hydroxylation is 1. The van der Waals surface area contributed by atoms with Gasteiger partial charge in [-0.2, -0.15) is 8.75 Å². The van der Waals surface area contributed by atoms with Crippen LogP contribution in [0.25, 0.3) is 22.1 Å². The molecule has 12 heteroatoms. The van der Waals surface area contributed by atoms with Crippen LogP contribution in [-0.4, -0.2) is 38.4 Å². The zero-order chi connectivity index (χ0) is 20.6. The summed E-state index contributed by atoms with van der Waals surface area (Å²) < 4.78 is 33.4. The lowest BCUT2D eigenvalue weighted by Gasteiger charge is -2.07. The number of sulfonamides is 1. The Morgan fingerprint density at radius 2 is 2.07 bits per heavy atom. The Bertz CT molecular complexity index is 1330. The summed E-state index contributed by atoms with van der Waals surface area (Å²) in [6.07, 6.45) is 0. The number of carbonyl (C=O) groups excluding carboxylic acids is 1. The van der Waals surface area contributed by atoms with Crippen molar-refractivity contribution in [3.05, 3.63) is 36.4 Å². The molecule has 0 spiro atoms. The van der Waals surface area contributed by atoms with Crippen molar-refractivity contribution in [2.45, 2.75) is 23.5 Å². The Kier molecular flexibility index (Phi) is 5.25. The summed E-state index contributed by atoms with van der Waals surface area (Å²) in [5, 5.41) is 8.68. The van der Waals surface area contributed by atoms with Crippen molar-refractivity contribution in [1.82, 2.24) is 18.3 Å². The number of rotatable bonds is 6. The maximum atomic E-state index is 12.4. The van der Waals surface area contributed by atoms with Crippen LogP contribution in [0.3, 0.4) is 0 Å². The first-order chi connectivity index (χ1) is 13.9. The van der Waals surface area contributed by atoms with E-state index in [0.717, 1.165) is 22.8 Å². The molecule has 4 rings (SSSR count). The summed E-state index contributed by atoms with van der Waals surface area (Å²) in [5.41, 5.74) is 3.30. The van der Waals surface area contributed by atoms with Crippen LogP contribution in [-0.2, 0) is 21.4 Å². The summed E-state index contributed by atoms with van der Waals surface area (Å²) >= 11 is 2.36. The fourth-order valence-corrected chi connectivity index (χ4v) is 4.87. The van der Waals surface area contributed by atoms with Crippen LogP contribution in [0.1, 0.15) is 6.92 Å². The molecule has 0 aliphatic heterocycles. The lowest BCUT2D eigenvalue weighted by atomic mass is 10.2. The molecule has 2 aromatic carbocycles. The van der Waals surface area contributed by atoms with Gasteiger partial charge in [0, 0.05) is 6.54 Å². The van der Waals surface area contributed by atoms with Gasteiger partial charge < -0.3 is 9.88 Å². The topological polar surface area (TPSA) is 133 Å². The molecule has 0 atom stereocenters. The van der Waals surface area contributed by atoms with Crippen molar-refractivity contribution in [3.63, 3.8) is 0 Å². The number of aromatic nitrogens is 4. The third-order valence-corrected chi connectivity index (χ3v) is 6.65. The molecule has 0 radical (unpaired) electrons. The number of primary sulfonamides is 1. The molecular weight excluding hydrogens is 432 g/mol. The van der Waals surface area contributed by atoms with Crippen LogP contribution < -0.4 is 10.5 Å². The van der Waals surface area contributed by atoms with Gasteiger partial charge in [-0.3, -0.25) is 4.79 Å². The fourth-order valence-electron chi connectivity index (χ4n) is 2.90. The number of nitrogens with two attached hydrogens (primary N) is 1. The minimum absolute atomic E-state index is 0.00464. The standard InChI is InChI=1S/C17H16N6O3S3/c1-2-23-14-7-6-10(29(18,25)26)8-13(14)20-17(23)27-9-15(24)19-11-4-3-5-12-16(11)22-28-21-12/h3-8H,2,9H2,1H3,(H,19,24)(H2,18,25,26). The molecule has 0 unspecified atom stereocenters. The molecular formula is C17H16N6O3S3. The number of nitrogens with zero attached hydrogens (tertiary/aromatic N) is 4. The summed E-state index contributed by atoms with van der Waals surface area (Å²) in [5.74, 6) is -0.0605. The third-order valence-electron chi connectivity index (χ3n) is 4.22. The summed E-state index contributed by atoms with van der Waals surface area (Å²) in [7, 11) is -3.81. The average molecular weight is 449 g/mol. The maximum Gasteiger partial charge on any atom is 0.238 e. The molecule has 2 aromatic heterocycles. The van der Waals surface area contributed by atoms with Crippen molar-refractivity contribution in [3.8, 4) is 0 Å². The SMILES string of the molecule is CCn1c(SCC(=O)Nc2cccc3nsnc23)nc2cc(S(N)(=O)=O)ccc21. The number of thioether (sulfide) groups is 1. The van der Waals surface area contributed by atoms with Crippen molar-refractivity contribution in [1.29, 1.82) is 0 Å². The monoisotopic (exact) mass is 448 g/mol. The lowest BCUT2D eigenvalue weighted by molar-refractivity contribution is -0.113. The molecule has 0 saturated carbocycles. The molecule has 0 aliphatic carbocycles. The molecule has 0 aliphatic rings. The Hall–Kier alpha value is -2.54. The van der Waals surface area contributed by atoms with E-state index in [1.54, 1.807) is 12.1 Å². The van der Waals surface area contributed by atoms with Gasteiger partial charge in [-0.1, -0.05) is 17.8 Å². The summed E-state index contributed by atoms with van der Waals surface area (Å²) in [6, 6.07) is 9.99. The highest BCUT2D eigenvalue weighted by Gasteiger charge is 2.16. The zero-order valence-electron chi connectivity index (χ0n) is 15.2. The van der Waals surface area contributed by atoms with Gasteiger partial charge in [-0.05, 0) is 37.3 Å². The number of nitrogens with one attached hydrogen (secondary N) is 1. The van der Waals surface area contributed by atoms with Gasteiger partial charge in [0.2, 0.25) is 15.9 Å². The van der Waals surface area contributed by atoms with Crippen LogP contribution >= 0.6 is 23.5 Å². The molecule has 0 fully saturated rings. The van der Waals surface area contributed by atoms with Gasteiger partial charge in [-0.15, -0.1) is 0 Å². The molecule has 0 bridgehead atoms. The lowest BCUT2D eigenvalue weighted by Crippen LogP contribution is -2.14. The normalized spacial score (nSPS) is 11.9. The number of carbonyl (C=O) groups is 1. The second-order valence-corrected chi connectivity index (χ2v) is 9.14. The second-order valence-electron chi connectivity index (χ2n) is 6.11. The van der Waals surface area contributed by atoms with E-state index >= 15 is 0 Å². The van der Waals surface area contributed by atoms with Gasteiger partial charge in [-0.25, -0.2) is 18.5 Å². The number of hydrogen-bond acceptors (Lipinski definition) is 8. The minimum Gasteiger partial charge on any atom is -0.323 e. The molecule has 2 heterocycles.